The second-order valence-corrected chi connectivity index (χ2v) is 7.32. The van der Waals surface area contributed by atoms with Crippen molar-refractivity contribution in [3.8, 4) is 11.3 Å². The molecule has 4 nitrogen and oxygen atoms in total. The summed E-state index contributed by atoms with van der Waals surface area (Å²) in [5, 5.41) is 7.85. The smallest absolute Gasteiger partial charge is 0.256 e. The first-order valence-corrected chi connectivity index (χ1v) is 9.77. The Labute approximate surface area is 167 Å². The van der Waals surface area contributed by atoms with Gasteiger partial charge in [-0.05, 0) is 30.7 Å². The first-order valence-electron chi connectivity index (χ1n) is 8.96. The summed E-state index contributed by atoms with van der Waals surface area (Å²) in [6, 6.07) is 27.1. The van der Waals surface area contributed by atoms with E-state index in [1.807, 2.05) is 79.7 Å². The molecule has 0 fully saturated rings. The quantitative estimate of drug-likeness (QED) is 0.435. The van der Waals surface area contributed by atoms with Crippen LogP contribution in [0.3, 0.4) is 0 Å². The van der Waals surface area contributed by atoms with Gasteiger partial charge in [-0.2, -0.15) is 0 Å². The maximum atomic E-state index is 12.7. The zero-order valence-electron chi connectivity index (χ0n) is 15.3. The molecule has 0 saturated heterocycles. The van der Waals surface area contributed by atoms with E-state index in [9.17, 15) is 4.79 Å². The highest BCUT2D eigenvalue weighted by molar-refractivity contribution is 7.20. The van der Waals surface area contributed by atoms with Crippen molar-refractivity contribution in [3.63, 3.8) is 0 Å². The van der Waals surface area contributed by atoms with E-state index in [0.29, 0.717) is 5.56 Å². The number of amides is 1. The van der Waals surface area contributed by atoms with Gasteiger partial charge >= 0.3 is 0 Å². The Kier molecular flexibility index (Phi) is 5.17. The molecule has 0 bridgehead atoms. The number of hydrogen-bond acceptors (Lipinski definition) is 4. The Hall–Kier alpha value is -3.44. The van der Waals surface area contributed by atoms with Crippen LogP contribution in [-0.4, -0.2) is 10.9 Å². The van der Waals surface area contributed by atoms with Crippen LogP contribution in [0.15, 0.2) is 84.9 Å². The molecule has 3 aromatic carbocycles. The van der Waals surface area contributed by atoms with Crippen molar-refractivity contribution in [2.75, 3.05) is 10.6 Å². The van der Waals surface area contributed by atoms with E-state index in [-0.39, 0.29) is 5.91 Å². The molecule has 0 aliphatic rings. The molecule has 5 heteroatoms. The highest BCUT2D eigenvalue weighted by Gasteiger charge is 2.17. The highest BCUT2D eigenvalue weighted by Crippen LogP contribution is 2.37. The maximum absolute atomic E-state index is 12.7. The summed E-state index contributed by atoms with van der Waals surface area (Å²) in [5.41, 5.74) is 4.46. The van der Waals surface area contributed by atoms with Gasteiger partial charge in [-0.25, -0.2) is 4.98 Å². The minimum absolute atomic E-state index is 0.149. The van der Waals surface area contributed by atoms with E-state index in [2.05, 4.69) is 10.6 Å². The number of nitrogens with one attached hydrogen (secondary N) is 2. The average molecular weight is 385 g/mol. The lowest BCUT2D eigenvalue weighted by Gasteiger charge is -2.05. The molecule has 0 aliphatic heterocycles. The zero-order chi connectivity index (χ0) is 19.3. The summed E-state index contributed by atoms with van der Waals surface area (Å²) in [6.45, 7) is 2.05. The zero-order valence-corrected chi connectivity index (χ0v) is 16.2. The number of anilines is 3. The second-order valence-electron chi connectivity index (χ2n) is 6.32. The van der Waals surface area contributed by atoms with Gasteiger partial charge in [-0.15, -0.1) is 0 Å². The third-order valence-electron chi connectivity index (χ3n) is 4.32. The van der Waals surface area contributed by atoms with E-state index < -0.39 is 0 Å². The molecule has 4 rings (SSSR count). The number of rotatable bonds is 5. The first kappa shape index (κ1) is 17.9. The Morgan fingerprint density at radius 3 is 2.21 bits per heavy atom. The molecule has 1 amide bonds. The van der Waals surface area contributed by atoms with Crippen molar-refractivity contribution in [2.24, 2.45) is 0 Å². The van der Waals surface area contributed by atoms with Crippen molar-refractivity contribution >= 4 is 33.1 Å². The van der Waals surface area contributed by atoms with Gasteiger partial charge in [0.25, 0.3) is 5.91 Å². The van der Waals surface area contributed by atoms with Gasteiger partial charge in [0.15, 0.2) is 5.13 Å². The monoisotopic (exact) mass is 385 g/mol. The molecule has 0 unspecified atom stereocenters. The van der Waals surface area contributed by atoms with E-state index in [0.717, 1.165) is 32.6 Å². The van der Waals surface area contributed by atoms with Crippen LogP contribution in [0.25, 0.3) is 11.3 Å². The van der Waals surface area contributed by atoms with Crippen LogP contribution in [0.5, 0.6) is 0 Å². The first-order chi connectivity index (χ1) is 13.7. The van der Waals surface area contributed by atoms with Crippen molar-refractivity contribution < 1.29 is 4.79 Å². The lowest BCUT2D eigenvalue weighted by molar-refractivity contribution is 0.102. The molecular formula is C23H19N3OS. The predicted molar refractivity (Wildman–Crippen MR) is 116 cm³/mol. The van der Waals surface area contributed by atoms with Crippen molar-refractivity contribution in [1.82, 2.24) is 4.98 Å². The molecule has 4 aromatic rings. The van der Waals surface area contributed by atoms with Gasteiger partial charge in [0.2, 0.25) is 0 Å². The Morgan fingerprint density at radius 2 is 1.50 bits per heavy atom. The lowest BCUT2D eigenvalue weighted by Crippen LogP contribution is -2.11. The molecule has 1 heterocycles. The number of para-hydroxylation sites is 1. The third kappa shape index (κ3) is 3.94. The average Bonchev–Trinajstić information content (AvgIpc) is 3.13. The summed E-state index contributed by atoms with van der Waals surface area (Å²) in [5.74, 6) is -0.149. The van der Waals surface area contributed by atoms with Gasteiger partial charge < -0.3 is 10.6 Å². The van der Waals surface area contributed by atoms with Crippen LogP contribution in [0.1, 0.15) is 15.9 Å². The van der Waals surface area contributed by atoms with Gasteiger partial charge in [0.05, 0.1) is 0 Å². The highest BCUT2D eigenvalue weighted by atomic mass is 32.1. The number of carbonyl (C=O) groups is 1. The summed E-state index contributed by atoms with van der Waals surface area (Å²) < 4.78 is 0. The Morgan fingerprint density at radius 1 is 0.857 bits per heavy atom. The number of nitrogens with zero attached hydrogens (tertiary/aromatic N) is 1. The van der Waals surface area contributed by atoms with Crippen molar-refractivity contribution in [2.45, 2.75) is 6.92 Å². The summed E-state index contributed by atoms with van der Waals surface area (Å²) in [4.78, 5) is 17.4. The molecule has 28 heavy (non-hydrogen) atoms. The van der Waals surface area contributed by atoms with Crippen LogP contribution in [-0.2, 0) is 0 Å². The molecular weight excluding hydrogens is 366 g/mol. The molecule has 2 N–H and O–H groups in total. The number of hydrogen-bond donors (Lipinski definition) is 2. The van der Waals surface area contributed by atoms with E-state index in [4.69, 9.17) is 4.98 Å². The third-order valence-corrected chi connectivity index (χ3v) is 5.21. The normalized spacial score (nSPS) is 10.5. The van der Waals surface area contributed by atoms with E-state index >= 15 is 0 Å². The predicted octanol–water partition coefficient (Wildman–Crippen LogP) is 6.11. The minimum atomic E-state index is -0.149. The standard InChI is InChI=1S/C23H19N3OS/c1-16-10-8-9-15-19(16)24-23-25-20(17-11-4-2-5-12-17)22(28-23)26-21(27)18-13-6-3-7-14-18/h2-15H,1H3,(H,24,25)(H,26,27). The molecule has 1 aromatic heterocycles. The van der Waals surface area contributed by atoms with Crippen LogP contribution in [0.2, 0.25) is 0 Å². The fourth-order valence-corrected chi connectivity index (χ4v) is 3.74. The van der Waals surface area contributed by atoms with Crippen LogP contribution in [0, 0.1) is 6.92 Å². The number of benzene rings is 3. The SMILES string of the molecule is Cc1ccccc1Nc1nc(-c2ccccc2)c(NC(=O)c2ccccc2)s1. The second kappa shape index (κ2) is 8.06. The molecule has 138 valence electrons. The number of aromatic nitrogens is 1. The Bertz CT molecular complexity index is 1090. The van der Waals surface area contributed by atoms with Crippen molar-refractivity contribution in [1.29, 1.82) is 0 Å². The molecule has 0 radical (unpaired) electrons. The summed E-state index contributed by atoms with van der Waals surface area (Å²) in [7, 11) is 0. The minimum Gasteiger partial charge on any atom is -0.331 e. The Balaban J connectivity index is 1.68. The number of thiazole rings is 1. The molecule has 0 atom stereocenters. The molecule has 0 aliphatic carbocycles. The van der Waals surface area contributed by atoms with Gasteiger partial charge in [0, 0.05) is 16.8 Å². The van der Waals surface area contributed by atoms with Gasteiger partial charge in [0.1, 0.15) is 10.7 Å². The summed E-state index contributed by atoms with van der Waals surface area (Å²) >= 11 is 1.43. The number of carbonyl (C=O) groups excluding carboxylic acids is 1. The lowest BCUT2D eigenvalue weighted by atomic mass is 10.1. The topological polar surface area (TPSA) is 54.0 Å². The molecule has 0 spiro atoms. The van der Waals surface area contributed by atoms with Crippen molar-refractivity contribution in [3.05, 3.63) is 96.1 Å². The molecule has 0 saturated carbocycles. The fraction of sp³-hybridized carbons (Fsp3) is 0.0435. The van der Waals surface area contributed by atoms with Crippen LogP contribution >= 0.6 is 11.3 Å². The maximum Gasteiger partial charge on any atom is 0.256 e. The number of aryl methyl sites for hydroxylation is 1. The van der Waals surface area contributed by atoms with Crippen LogP contribution in [0.4, 0.5) is 15.8 Å². The van der Waals surface area contributed by atoms with E-state index in [1.54, 1.807) is 12.1 Å². The largest absolute Gasteiger partial charge is 0.331 e. The summed E-state index contributed by atoms with van der Waals surface area (Å²) in [6.07, 6.45) is 0. The van der Waals surface area contributed by atoms with E-state index in [1.165, 1.54) is 11.3 Å². The van der Waals surface area contributed by atoms with Gasteiger partial charge in [-0.1, -0.05) is 78.1 Å². The van der Waals surface area contributed by atoms with Crippen LogP contribution < -0.4 is 10.6 Å². The fourth-order valence-electron chi connectivity index (χ4n) is 2.84. The van der Waals surface area contributed by atoms with Gasteiger partial charge in [-0.3, -0.25) is 4.79 Å².